The lowest BCUT2D eigenvalue weighted by Gasteiger charge is -2.15. The third-order valence-electron chi connectivity index (χ3n) is 4.93. The number of hydrogen-bond donors (Lipinski definition) is 1. The first-order valence-electron chi connectivity index (χ1n) is 9.83. The molecule has 152 valence electrons. The fraction of sp³-hybridized carbons (Fsp3) is 0.208. The van der Waals surface area contributed by atoms with E-state index >= 15 is 0 Å². The topological polar surface area (TPSA) is 68.0 Å². The van der Waals surface area contributed by atoms with E-state index in [-0.39, 0.29) is 11.2 Å². The SMILES string of the molecule is Cc1ccc(C)c2c(S[C@@H](C)C(=O)NCc3ccco3)nc(-c3ccccc3)nc12. The minimum absolute atomic E-state index is 0.0604. The molecule has 2 aromatic heterocycles. The number of nitrogens with zero attached hydrogens (tertiary/aromatic N) is 2. The second-order valence-electron chi connectivity index (χ2n) is 7.20. The Morgan fingerprint density at radius 1 is 1.03 bits per heavy atom. The Kier molecular flexibility index (Phi) is 5.86. The number of thioether (sulfide) groups is 1. The molecule has 4 aromatic rings. The van der Waals surface area contributed by atoms with Crippen LogP contribution in [0.3, 0.4) is 0 Å². The Bertz CT molecular complexity index is 1170. The molecular formula is C24H23N3O2S. The van der Waals surface area contributed by atoms with E-state index < -0.39 is 0 Å². The number of fused-ring (bicyclic) bond motifs is 1. The summed E-state index contributed by atoms with van der Waals surface area (Å²) >= 11 is 1.46. The fourth-order valence-electron chi connectivity index (χ4n) is 3.25. The Morgan fingerprint density at radius 2 is 1.80 bits per heavy atom. The number of carbonyl (C=O) groups excluding carboxylic acids is 1. The molecule has 1 N–H and O–H groups in total. The molecule has 2 aromatic carbocycles. The molecule has 0 saturated heterocycles. The molecule has 0 aliphatic heterocycles. The molecule has 0 aliphatic carbocycles. The highest BCUT2D eigenvalue weighted by atomic mass is 32.2. The summed E-state index contributed by atoms with van der Waals surface area (Å²) in [5.74, 6) is 1.34. The van der Waals surface area contributed by atoms with Crippen molar-refractivity contribution in [2.75, 3.05) is 0 Å². The maximum Gasteiger partial charge on any atom is 0.233 e. The number of amides is 1. The summed E-state index contributed by atoms with van der Waals surface area (Å²) in [4.78, 5) is 22.4. The van der Waals surface area contributed by atoms with Crippen molar-refractivity contribution in [3.05, 3.63) is 77.7 Å². The summed E-state index contributed by atoms with van der Waals surface area (Å²) in [7, 11) is 0. The smallest absolute Gasteiger partial charge is 0.233 e. The Balaban J connectivity index is 1.68. The lowest BCUT2D eigenvalue weighted by atomic mass is 10.1. The van der Waals surface area contributed by atoms with E-state index in [0.717, 1.165) is 38.4 Å². The summed E-state index contributed by atoms with van der Waals surface area (Å²) in [6, 6.07) is 17.7. The molecule has 0 aliphatic rings. The zero-order chi connectivity index (χ0) is 21.1. The van der Waals surface area contributed by atoms with Gasteiger partial charge in [0.25, 0.3) is 0 Å². The molecule has 0 radical (unpaired) electrons. The standard InChI is InChI=1S/C24H23N3O2S/c1-15-11-12-16(2)21-20(15)24(27-22(26-21)18-8-5-4-6-9-18)30-17(3)23(28)25-14-19-10-7-13-29-19/h4-13,17H,14H2,1-3H3,(H,25,28)/t17-/m0/s1. The number of hydrogen-bond acceptors (Lipinski definition) is 5. The molecule has 0 saturated carbocycles. The molecule has 0 bridgehead atoms. The van der Waals surface area contributed by atoms with Crippen molar-refractivity contribution in [3.63, 3.8) is 0 Å². The largest absolute Gasteiger partial charge is 0.467 e. The quantitative estimate of drug-likeness (QED) is 0.340. The third-order valence-corrected chi connectivity index (χ3v) is 6.02. The maximum absolute atomic E-state index is 12.7. The van der Waals surface area contributed by atoms with Crippen molar-refractivity contribution >= 4 is 28.6 Å². The molecule has 0 fully saturated rings. The van der Waals surface area contributed by atoms with Gasteiger partial charge in [-0.3, -0.25) is 4.79 Å². The molecule has 1 atom stereocenters. The van der Waals surface area contributed by atoms with Gasteiger partial charge in [0.2, 0.25) is 5.91 Å². The molecule has 1 amide bonds. The van der Waals surface area contributed by atoms with Crippen LogP contribution in [0.15, 0.2) is 70.3 Å². The van der Waals surface area contributed by atoms with Crippen LogP contribution in [0, 0.1) is 13.8 Å². The number of furan rings is 1. The number of nitrogens with one attached hydrogen (secondary N) is 1. The molecule has 6 heteroatoms. The first-order valence-corrected chi connectivity index (χ1v) is 10.7. The number of carbonyl (C=O) groups is 1. The van der Waals surface area contributed by atoms with E-state index in [1.54, 1.807) is 6.26 Å². The number of rotatable bonds is 6. The van der Waals surface area contributed by atoms with Crippen molar-refractivity contribution in [3.8, 4) is 11.4 Å². The van der Waals surface area contributed by atoms with Gasteiger partial charge in [0.15, 0.2) is 5.82 Å². The lowest BCUT2D eigenvalue weighted by Crippen LogP contribution is -2.30. The van der Waals surface area contributed by atoms with Gasteiger partial charge in [-0.25, -0.2) is 9.97 Å². The van der Waals surface area contributed by atoms with Gasteiger partial charge in [-0.05, 0) is 44.0 Å². The predicted octanol–water partition coefficient (Wildman–Crippen LogP) is 5.30. The second-order valence-corrected chi connectivity index (χ2v) is 8.53. The summed E-state index contributed by atoms with van der Waals surface area (Å²) in [6.07, 6.45) is 1.60. The minimum Gasteiger partial charge on any atom is -0.467 e. The molecular weight excluding hydrogens is 394 g/mol. The Hall–Kier alpha value is -3.12. The highest BCUT2D eigenvalue weighted by Gasteiger charge is 2.20. The normalized spacial score (nSPS) is 12.1. The van der Waals surface area contributed by atoms with Gasteiger partial charge in [-0.2, -0.15) is 0 Å². The maximum atomic E-state index is 12.7. The van der Waals surface area contributed by atoms with Crippen LogP contribution in [0.4, 0.5) is 0 Å². The fourth-order valence-corrected chi connectivity index (χ4v) is 4.29. The molecule has 0 unspecified atom stereocenters. The minimum atomic E-state index is -0.318. The Morgan fingerprint density at radius 3 is 2.53 bits per heavy atom. The molecule has 30 heavy (non-hydrogen) atoms. The lowest BCUT2D eigenvalue weighted by molar-refractivity contribution is -0.120. The summed E-state index contributed by atoms with van der Waals surface area (Å²) in [5, 5.41) is 4.44. The molecule has 2 heterocycles. The van der Waals surface area contributed by atoms with E-state index in [0.29, 0.717) is 12.4 Å². The van der Waals surface area contributed by atoms with Gasteiger partial charge in [0.1, 0.15) is 10.8 Å². The van der Waals surface area contributed by atoms with Gasteiger partial charge >= 0.3 is 0 Å². The zero-order valence-electron chi connectivity index (χ0n) is 17.2. The van der Waals surface area contributed by atoms with E-state index in [1.165, 1.54) is 11.8 Å². The van der Waals surface area contributed by atoms with Crippen LogP contribution in [0.5, 0.6) is 0 Å². The van der Waals surface area contributed by atoms with Crippen LogP contribution >= 0.6 is 11.8 Å². The van der Waals surface area contributed by atoms with Gasteiger partial charge < -0.3 is 9.73 Å². The number of aryl methyl sites for hydroxylation is 2. The Labute approximate surface area is 179 Å². The summed E-state index contributed by atoms with van der Waals surface area (Å²) in [6.45, 7) is 6.37. The molecule has 5 nitrogen and oxygen atoms in total. The van der Waals surface area contributed by atoms with Crippen LogP contribution in [0.2, 0.25) is 0 Å². The van der Waals surface area contributed by atoms with Crippen molar-refractivity contribution < 1.29 is 9.21 Å². The van der Waals surface area contributed by atoms with E-state index in [4.69, 9.17) is 14.4 Å². The predicted molar refractivity (Wildman–Crippen MR) is 120 cm³/mol. The average molecular weight is 418 g/mol. The number of benzene rings is 2. The first-order chi connectivity index (χ1) is 14.5. The zero-order valence-corrected chi connectivity index (χ0v) is 18.0. The van der Waals surface area contributed by atoms with Gasteiger partial charge in [-0.1, -0.05) is 54.2 Å². The van der Waals surface area contributed by atoms with E-state index in [2.05, 4.69) is 31.3 Å². The van der Waals surface area contributed by atoms with Crippen LogP contribution in [0.1, 0.15) is 23.8 Å². The third kappa shape index (κ3) is 4.24. The second kappa shape index (κ2) is 8.71. The van der Waals surface area contributed by atoms with Crippen LogP contribution < -0.4 is 5.32 Å². The summed E-state index contributed by atoms with van der Waals surface area (Å²) < 4.78 is 5.29. The van der Waals surface area contributed by atoms with Gasteiger partial charge in [0.05, 0.1) is 23.6 Å². The first kappa shape index (κ1) is 20.2. The van der Waals surface area contributed by atoms with E-state index in [9.17, 15) is 4.79 Å². The van der Waals surface area contributed by atoms with Crippen molar-refractivity contribution in [2.24, 2.45) is 0 Å². The molecule has 4 rings (SSSR count). The van der Waals surface area contributed by atoms with Gasteiger partial charge in [0, 0.05) is 10.9 Å². The van der Waals surface area contributed by atoms with Gasteiger partial charge in [-0.15, -0.1) is 0 Å². The average Bonchev–Trinajstić information content (AvgIpc) is 3.28. The van der Waals surface area contributed by atoms with Crippen molar-refractivity contribution in [2.45, 2.75) is 37.6 Å². The molecule has 0 spiro atoms. The highest BCUT2D eigenvalue weighted by molar-refractivity contribution is 8.00. The van der Waals surface area contributed by atoms with Crippen LogP contribution in [0.25, 0.3) is 22.3 Å². The monoisotopic (exact) mass is 417 g/mol. The number of aromatic nitrogens is 2. The van der Waals surface area contributed by atoms with Crippen LogP contribution in [-0.2, 0) is 11.3 Å². The summed E-state index contributed by atoms with van der Waals surface area (Å²) in [5.41, 5.74) is 4.07. The van der Waals surface area contributed by atoms with E-state index in [1.807, 2.05) is 49.4 Å². The van der Waals surface area contributed by atoms with Crippen LogP contribution in [-0.4, -0.2) is 21.1 Å². The van der Waals surface area contributed by atoms with Crippen molar-refractivity contribution in [1.29, 1.82) is 0 Å². The van der Waals surface area contributed by atoms with Crippen molar-refractivity contribution in [1.82, 2.24) is 15.3 Å². The highest BCUT2D eigenvalue weighted by Crippen LogP contribution is 2.34.